The minimum absolute atomic E-state index is 0.0290. The van der Waals surface area contributed by atoms with Gasteiger partial charge >= 0.3 is 0 Å². The summed E-state index contributed by atoms with van der Waals surface area (Å²) in [4.78, 5) is 28.7. The highest BCUT2D eigenvalue weighted by molar-refractivity contribution is 7.92. The highest BCUT2D eigenvalue weighted by atomic mass is 35.5. The van der Waals surface area contributed by atoms with Gasteiger partial charge in [0.25, 0.3) is 10.0 Å². The van der Waals surface area contributed by atoms with Crippen molar-refractivity contribution in [3.8, 4) is 0 Å². The molecule has 3 rings (SSSR count). The number of hydrogen-bond donors (Lipinski definition) is 1. The molecule has 1 unspecified atom stereocenters. The summed E-state index contributed by atoms with van der Waals surface area (Å²) in [6.07, 6.45) is 1.93. The molecule has 220 valence electrons. The van der Waals surface area contributed by atoms with Crippen molar-refractivity contribution in [3.63, 3.8) is 0 Å². The van der Waals surface area contributed by atoms with Crippen molar-refractivity contribution in [2.45, 2.75) is 50.6 Å². The van der Waals surface area contributed by atoms with Crippen LogP contribution in [0, 0.1) is 0 Å². The summed E-state index contributed by atoms with van der Waals surface area (Å²) in [5.41, 5.74) is 0.573. The Balaban J connectivity index is 2.09. The molecule has 41 heavy (non-hydrogen) atoms. The second-order valence-electron chi connectivity index (χ2n) is 9.25. The fourth-order valence-electron chi connectivity index (χ4n) is 4.17. The zero-order valence-electron chi connectivity index (χ0n) is 22.6. The number of hydrogen-bond acceptors (Lipinski definition) is 4. The van der Waals surface area contributed by atoms with Crippen molar-refractivity contribution < 1.29 is 18.0 Å². The van der Waals surface area contributed by atoms with Crippen LogP contribution in [0.3, 0.4) is 0 Å². The van der Waals surface area contributed by atoms with Crippen LogP contribution in [0.5, 0.6) is 0 Å². The van der Waals surface area contributed by atoms with Crippen molar-refractivity contribution in [2.24, 2.45) is 0 Å². The topological polar surface area (TPSA) is 86.8 Å². The number of benzene rings is 3. The summed E-state index contributed by atoms with van der Waals surface area (Å²) < 4.78 is 28.7. The molecule has 0 saturated carbocycles. The van der Waals surface area contributed by atoms with E-state index in [0.717, 1.165) is 17.1 Å². The molecule has 7 nitrogen and oxygen atoms in total. The number of rotatable bonds is 13. The summed E-state index contributed by atoms with van der Waals surface area (Å²) in [6, 6.07) is 16.0. The molecule has 0 fully saturated rings. The Morgan fingerprint density at radius 3 is 2.17 bits per heavy atom. The summed E-state index contributed by atoms with van der Waals surface area (Å²) in [6.45, 7) is 3.52. The van der Waals surface area contributed by atoms with Crippen molar-refractivity contribution >= 4 is 73.9 Å². The molecule has 0 aliphatic carbocycles. The Morgan fingerprint density at radius 2 is 1.54 bits per heavy atom. The predicted octanol–water partition coefficient (Wildman–Crippen LogP) is 7.22. The predicted molar refractivity (Wildman–Crippen MR) is 166 cm³/mol. The van der Waals surface area contributed by atoms with Gasteiger partial charge in [-0.25, -0.2) is 8.42 Å². The summed E-state index contributed by atoms with van der Waals surface area (Å²) in [5.74, 6) is -0.985. The van der Waals surface area contributed by atoms with Gasteiger partial charge in [0.15, 0.2) is 0 Å². The third-order valence-electron chi connectivity index (χ3n) is 6.36. The zero-order valence-corrected chi connectivity index (χ0v) is 26.5. The maximum atomic E-state index is 14.1. The van der Waals surface area contributed by atoms with E-state index in [1.807, 2.05) is 6.92 Å². The van der Waals surface area contributed by atoms with Gasteiger partial charge in [-0.2, -0.15) is 0 Å². The molecule has 0 radical (unpaired) electrons. The fourth-order valence-corrected chi connectivity index (χ4v) is 6.52. The normalized spacial score (nSPS) is 12.0. The van der Waals surface area contributed by atoms with Crippen molar-refractivity contribution in [1.82, 2.24) is 10.2 Å². The molecule has 0 saturated heterocycles. The van der Waals surface area contributed by atoms with Crippen LogP contribution in [0.2, 0.25) is 20.1 Å². The number of nitrogens with zero attached hydrogens (tertiary/aromatic N) is 2. The Hall–Kier alpha value is -2.49. The van der Waals surface area contributed by atoms with E-state index in [9.17, 15) is 18.0 Å². The molecule has 0 bridgehead atoms. The first kappa shape index (κ1) is 33.0. The first-order chi connectivity index (χ1) is 19.5. The molecule has 12 heteroatoms. The number of carbonyl (C=O) groups is 2. The lowest BCUT2D eigenvalue weighted by Gasteiger charge is -2.33. The highest BCUT2D eigenvalue weighted by Crippen LogP contribution is 2.33. The van der Waals surface area contributed by atoms with Crippen LogP contribution < -0.4 is 9.62 Å². The van der Waals surface area contributed by atoms with Gasteiger partial charge in [0.2, 0.25) is 11.8 Å². The van der Waals surface area contributed by atoms with E-state index in [1.54, 1.807) is 43.3 Å². The van der Waals surface area contributed by atoms with Gasteiger partial charge in [-0.1, -0.05) is 90.9 Å². The largest absolute Gasteiger partial charge is 0.354 e. The Bertz CT molecular complexity index is 1470. The second-order valence-corrected chi connectivity index (χ2v) is 12.8. The SMILES string of the molecule is CCCCNC(=O)C(CC)N(Cc1ccc(Cl)cc1Cl)C(=O)CN(c1cc(Cl)ccc1Cl)S(=O)(=O)c1ccccc1. The number of carbonyl (C=O) groups excluding carboxylic acids is 2. The number of sulfonamides is 1. The molecule has 3 aromatic carbocycles. The first-order valence-corrected chi connectivity index (χ1v) is 16.0. The zero-order chi connectivity index (χ0) is 30.2. The molecular formula is C29H31Cl4N3O4S. The van der Waals surface area contributed by atoms with Gasteiger partial charge in [-0.05, 0) is 60.9 Å². The molecule has 0 heterocycles. The smallest absolute Gasteiger partial charge is 0.264 e. The van der Waals surface area contributed by atoms with E-state index in [4.69, 9.17) is 46.4 Å². The lowest BCUT2D eigenvalue weighted by Crippen LogP contribution is -2.52. The van der Waals surface area contributed by atoms with Gasteiger partial charge in [-0.3, -0.25) is 13.9 Å². The maximum Gasteiger partial charge on any atom is 0.264 e. The van der Waals surface area contributed by atoms with Crippen LogP contribution in [-0.2, 0) is 26.2 Å². The number of nitrogens with one attached hydrogen (secondary N) is 1. The third-order valence-corrected chi connectivity index (χ3v) is 9.27. The number of unbranched alkanes of at least 4 members (excludes halogenated alkanes) is 1. The third kappa shape index (κ3) is 8.52. The summed E-state index contributed by atoms with van der Waals surface area (Å²) >= 11 is 25.2. The van der Waals surface area contributed by atoms with Crippen LogP contribution in [-0.4, -0.2) is 44.3 Å². The van der Waals surface area contributed by atoms with Gasteiger partial charge in [0, 0.05) is 28.2 Å². The van der Waals surface area contributed by atoms with Crippen molar-refractivity contribution in [2.75, 3.05) is 17.4 Å². The monoisotopic (exact) mass is 657 g/mol. The summed E-state index contributed by atoms with van der Waals surface area (Å²) in [7, 11) is -4.28. The number of anilines is 1. The second kappa shape index (κ2) is 15.1. The molecule has 0 aliphatic heterocycles. The molecule has 0 aromatic heterocycles. The van der Waals surface area contributed by atoms with Crippen LogP contribution in [0.4, 0.5) is 5.69 Å². The van der Waals surface area contributed by atoms with Crippen molar-refractivity contribution in [3.05, 3.63) is 92.4 Å². The van der Waals surface area contributed by atoms with Gasteiger partial charge < -0.3 is 10.2 Å². The lowest BCUT2D eigenvalue weighted by molar-refractivity contribution is -0.140. The molecular weight excluding hydrogens is 628 g/mol. The molecule has 2 amide bonds. The number of halogens is 4. The first-order valence-electron chi connectivity index (χ1n) is 13.0. The molecule has 1 N–H and O–H groups in total. The lowest BCUT2D eigenvalue weighted by atomic mass is 10.1. The molecule has 0 aliphatic rings. The minimum Gasteiger partial charge on any atom is -0.354 e. The standard InChI is InChI=1S/C29H31Cl4N3O4S/c1-3-5-15-34-29(38)26(4-2)35(18-20-11-12-21(30)16-25(20)33)28(37)19-36(27-17-22(31)13-14-24(27)32)41(39,40)23-9-7-6-8-10-23/h6-14,16-17,26H,3-5,15,18-19H2,1-2H3,(H,34,38). The highest BCUT2D eigenvalue weighted by Gasteiger charge is 2.34. The minimum atomic E-state index is -4.28. The van der Waals surface area contributed by atoms with E-state index < -0.39 is 28.5 Å². The Morgan fingerprint density at radius 1 is 0.878 bits per heavy atom. The van der Waals surface area contributed by atoms with Gasteiger partial charge in [-0.15, -0.1) is 0 Å². The van der Waals surface area contributed by atoms with E-state index in [2.05, 4.69) is 5.32 Å². The molecule has 1 atom stereocenters. The Labute approximate surface area is 261 Å². The number of amides is 2. The quantitative estimate of drug-likeness (QED) is 0.197. The van der Waals surface area contributed by atoms with E-state index in [1.165, 1.54) is 35.2 Å². The maximum absolute atomic E-state index is 14.1. The van der Waals surface area contributed by atoms with Crippen LogP contribution >= 0.6 is 46.4 Å². The van der Waals surface area contributed by atoms with E-state index >= 15 is 0 Å². The summed E-state index contributed by atoms with van der Waals surface area (Å²) in [5, 5.41) is 3.92. The van der Waals surface area contributed by atoms with Gasteiger partial charge in [0.1, 0.15) is 12.6 Å². The Kier molecular flexibility index (Phi) is 12.2. The van der Waals surface area contributed by atoms with Crippen LogP contribution in [0.1, 0.15) is 38.7 Å². The molecule has 0 spiro atoms. The average Bonchev–Trinajstić information content (AvgIpc) is 2.94. The average molecular weight is 659 g/mol. The van der Waals surface area contributed by atoms with Crippen LogP contribution in [0.25, 0.3) is 0 Å². The van der Waals surface area contributed by atoms with E-state index in [0.29, 0.717) is 22.2 Å². The molecule has 3 aromatic rings. The van der Waals surface area contributed by atoms with Gasteiger partial charge in [0.05, 0.1) is 15.6 Å². The van der Waals surface area contributed by atoms with Crippen LogP contribution in [0.15, 0.2) is 71.6 Å². The van der Waals surface area contributed by atoms with Crippen molar-refractivity contribution in [1.29, 1.82) is 0 Å². The fraction of sp³-hybridized carbons (Fsp3) is 0.310. The van der Waals surface area contributed by atoms with E-state index in [-0.39, 0.29) is 39.5 Å².